The van der Waals surface area contributed by atoms with E-state index in [1.54, 1.807) is 7.11 Å². The molecule has 0 bridgehead atoms. The molecule has 0 saturated carbocycles. The number of hydrogen-bond acceptors (Lipinski definition) is 4. The lowest BCUT2D eigenvalue weighted by molar-refractivity contribution is 0.00989. The Labute approximate surface area is 215 Å². The topological polar surface area (TPSA) is 55.3 Å². The molecule has 1 N–H and O–H groups in total. The standard InChI is InChI=1S/C26H37N3O3.HI/c1-27-26(29-14-12-25(13-15-29)32-17-7-16-30-2)28-19-23-10-6-11-24(18-23)21-31-20-22-8-4-3-5-9-22;/h3-6,8-11,18,25H,7,12-17,19-21H2,1-2H3,(H,27,28);1H. The van der Waals surface area contributed by atoms with Gasteiger partial charge in [0.05, 0.1) is 19.3 Å². The quantitative estimate of drug-likeness (QED) is 0.186. The molecule has 7 heteroatoms. The summed E-state index contributed by atoms with van der Waals surface area (Å²) in [7, 11) is 3.58. The maximum atomic E-state index is 5.97. The van der Waals surface area contributed by atoms with Crippen LogP contribution < -0.4 is 5.32 Å². The molecule has 0 aliphatic carbocycles. The summed E-state index contributed by atoms with van der Waals surface area (Å²) in [4.78, 5) is 6.81. The molecule has 1 heterocycles. The second-order valence-corrected chi connectivity index (χ2v) is 8.10. The third-order valence-corrected chi connectivity index (χ3v) is 5.62. The van der Waals surface area contributed by atoms with E-state index in [4.69, 9.17) is 14.2 Å². The van der Waals surface area contributed by atoms with Crippen LogP contribution in [-0.2, 0) is 34.0 Å². The van der Waals surface area contributed by atoms with E-state index in [-0.39, 0.29) is 24.0 Å². The Bertz CT molecular complexity index is 811. The second-order valence-electron chi connectivity index (χ2n) is 8.10. The first kappa shape index (κ1) is 27.6. The Kier molecular flexibility index (Phi) is 13.4. The fraction of sp³-hybridized carbons (Fsp3) is 0.500. The number of rotatable bonds is 11. The summed E-state index contributed by atoms with van der Waals surface area (Å²) in [5.41, 5.74) is 3.60. The van der Waals surface area contributed by atoms with Crippen LogP contribution in [0.4, 0.5) is 0 Å². The van der Waals surface area contributed by atoms with E-state index in [2.05, 4.69) is 51.6 Å². The summed E-state index contributed by atoms with van der Waals surface area (Å²) < 4.78 is 16.9. The zero-order chi connectivity index (χ0) is 22.4. The zero-order valence-electron chi connectivity index (χ0n) is 19.9. The van der Waals surface area contributed by atoms with Crippen molar-refractivity contribution in [3.8, 4) is 0 Å². The van der Waals surface area contributed by atoms with E-state index >= 15 is 0 Å². The van der Waals surface area contributed by atoms with Crippen LogP contribution in [-0.4, -0.2) is 57.4 Å². The summed E-state index contributed by atoms with van der Waals surface area (Å²) in [5, 5.41) is 3.52. The summed E-state index contributed by atoms with van der Waals surface area (Å²) in [5.74, 6) is 0.952. The first-order valence-corrected chi connectivity index (χ1v) is 11.5. The molecule has 0 unspecified atom stereocenters. The van der Waals surface area contributed by atoms with E-state index in [0.29, 0.717) is 19.3 Å². The van der Waals surface area contributed by atoms with Gasteiger partial charge in [-0.2, -0.15) is 0 Å². The number of aliphatic imine (C=N–C) groups is 1. The van der Waals surface area contributed by atoms with Crippen LogP contribution in [0.5, 0.6) is 0 Å². The van der Waals surface area contributed by atoms with Gasteiger partial charge in [-0.3, -0.25) is 4.99 Å². The molecule has 0 spiro atoms. The summed E-state index contributed by atoms with van der Waals surface area (Å²) >= 11 is 0. The van der Waals surface area contributed by atoms with E-state index in [1.807, 2.05) is 25.2 Å². The van der Waals surface area contributed by atoms with Crippen molar-refractivity contribution >= 4 is 29.9 Å². The van der Waals surface area contributed by atoms with Crippen molar-refractivity contribution in [2.24, 2.45) is 4.99 Å². The van der Waals surface area contributed by atoms with Crippen LogP contribution in [0, 0.1) is 0 Å². The molecule has 3 rings (SSSR count). The van der Waals surface area contributed by atoms with Crippen molar-refractivity contribution in [1.82, 2.24) is 10.2 Å². The fourth-order valence-electron chi connectivity index (χ4n) is 3.89. The highest BCUT2D eigenvalue weighted by molar-refractivity contribution is 14.0. The van der Waals surface area contributed by atoms with Crippen LogP contribution in [0.3, 0.4) is 0 Å². The molecule has 2 aromatic rings. The van der Waals surface area contributed by atoms with E-state index in [0.717, 1.165) is 58.1 Å². The minimum absolute atomic E-state index is 0. The van der Waals surface area contributed by atoms with Crippen molar-refractivity contribution < 1.29 is 14.2 Å². The van der Waals surface area contributed by atoms with Gasteiger partial charge < -0.3 is 24.4 Å². The minimum Gasteiger partial charge on any atom is -0.385 e. The highest BCUT2D eigenvalue weighted by atomic mass is 127. The van der Waals surface area contributed by atoms with Crippen molar-refractivity contribution in [3.63, 3.8) is 0 Å². The third kappa shape index (κ3) is 10.00. The fourth-order valence-corrected chi connectivity index (χ4v) is 3.89. The van der Waals surface area contributed by atoms with Gasteiger partial charge in [0.15, 0.2) is 5.96 Å². The molecular formula is C26H38IN3O3. The molecule has 33 heavy (non-hydrogen) atoms. The van der Waals surface area contributed by atoms with Gasteiger partial charge in [0, 0.05) is 47.0 Å². The Morgan fingerprint density at radius 3 is 2.39 bits per heavy atom. The Morgan fingerprint density at radius 1 is 0.970 bits per heavy atom. The number of nitrogens with one attached hydrogen (secondary N) is 1. The Hall–Kier alpha value is -1.68. The molecule has 1 aliphatic heterocycles. The average molecular weight is 568 g/mol. The molecular weight excluding hydrogens is 529 g/mol. The second kappa shape index (κ2) is 16.0. The maximum absolute atomic E-state index is 5.97. The van der Waals surface area contributed by atoms with Gasteiger partial charge in [-0.15, -0.1) is 24.0 Å². The van der Waals surface area contributed by atoms with Crippen molar-refractivity contribution in [1.29, 1.82) is 0 Å². The van der Waals surface area contributed by atoms with E-state index < -0.39 is 0 Å². The maximum Gasteiger partial charge on any atom is 0.193 e. The predicted octanol–water partition coefficient (Wildman–Crippen LogP) is 4.61. The lowest BCUT2D eigenvalue weighted by atomic mass is 10.1. The largest absolute Gasteiger partial charge is 0.385 e. The SMILES string of the molecule is CN=C(NCc1cccc(COCc2ccccc2)c1)N1CCC(OCCCOC)CC1.I. The number of halogens is 1. The molecule has 0 aromatic heterocycles. The number of guanidine groups is 1. The van der Waals surface area contributed by atoms with Crippen LogP contribution in [0.1, 0.15) is 36.0 Å². The van der Waals surface area contributed by atoms with Gasteiger partial charge in [-0.25, -0.2) is 0 Å². The molecule has 1 aliphatic rings. The Balaban J connectivity index is 0.00000385. The number of hydrogen-bond donors (Lipinski definition) is 1. The van der Waals surface area contributed by atoms with Gasteiger partial charge in [0.2, 0.25) is 0 Å². The number of methoxy groups -OCH3 is 1. The molecule has 1 saturated heterocycles. The van der Waals surface area contributed by atoms with Gasteiger partial charge >= 0.3 is 0 Å². The zero-order valence-corrected chi connectivity index (χ0v) is 22.2. The summed E-state index contributed by atoms with van der Waals surface area (Å²) in [6.45, 7) is 5.43. The monoisotopic (exact) mass is 567 g/mol. The minimum atomic E-state index is 0. The molecule has 0 atom stereocenters. The van der Waals surface area contributed by atoms with Crippen molar-refractivity contribution in [2.45, 2.75) is 45.1 Å². The average Bonchev–Trinajstić information content (AvgIpc) is 2.84. The number of ether oxygens (including phenoxy) is 3. The van der Waals surface area contributed by atoms with Crippen LogP contribution in [0.25, 0.3) is 0 Å². The smallest absolute Gasteiger partial charge is 0.193 e. The lowest BCUT2D eigenvalue weighted by Crippen LogP contribution is -2.46. The molecule has 1 fully saturated rings. The summed E-state index contributed by atoms with van der Waals surface area (Å²) in [6, 6.07) is 18.8. The molecule has 2 aromatic carbocycles. The third-order valence-electron chi connectivity index (χ3n) is 5.62. The molecule has 182 valence electrons. The molecule has 6 nitrogen and oxygen atoms in total. The van der Waals surface area contributed by atoms with E-state index in [9.17, 15) is 0 Å². The predicted molar refractivity (Wildman–Crippen MR) is 144 cm³/mol. The van der Waals surface area contributed by atoms with Crippen LogP contribution in [0.2, 0.25) is 0 Å². The van der Waals surface area contributed by atoms with E-state index in [1.165, 1.54) is 16.7 Å². The highest BCUT2D eigenvalue weighted by Gasteiger charge is 2.21. The first-order valence-electron chi connectivity index (χ1n) is 11.5. The van der Waals surface area contributed by atoms with Crippen molar-refractivity contribution in [2.75, 3.05) is 40.5 Å². The highest BCUT2D eigenvalue weighted by Crippen LogP contribution is 2.15. The first-order chi connectivity index (χ1) is 15.8. The molecule has 0 radical (unpaired) electrons. The molecule has 0 amide bonds. The normalized spacial score (nSPS) is 14.7. The number of benzene rings is 2. The summed E-state index contributed by atoms with van der Waals surface area (Å²) in [6.07, 6.45) is 3.36. The Morgan fingerprint density at radius 2 is 1.67 bits per heavy atom. The number of nitrogens with zero attached hydrogens (tertiary/aromatic N) is 2. The van der Waals surface area contributed by atoms with Gasteiger partial charge in [-0.05, 0) is 36.0 Å². The van der Waals surface area contributed by atoms with Crippen LogP contribution >= 0.6 is 24.0 Å². The number of piperidine rings is 1. The van der Waals surface area contributed by atoms with Crippen LogP contribution in [0.15, 0.2) is 59.6 Å². The van der Waals surface area contributed by atoms with Crippen molar-refractivity contribution in [3.05, 3.63) is 71.3 Å². The van der Waals surface area contributed by atoms with Gasteiger partial charge in [0.1, 0.15) is 0 Å². The van der Waals surface area contributed by atoms with Gasteiger partial charge in [-0.1, -0.05) is 54.6 Å². The number of likely N-dealkylation sites (tertiary alicyclic amines) is 1. The van der Waals surface area contributed by atoms with Gasteiger partial charge in [0.25, 0.3) is 0 Å². The lowest BCUT2D eigenvalue weighted by Gasteiger charge is -2.34.